The van der Waals surface area contributed by atoms with Crippen molar-refractivity contribution in [2.75, 3.05) is 26.2 Å². The van der Waals surface area contributed by atoms with E-state index in [0.717, 1.165) is 28.0 Å². The smallest absolute Gasteiger partial charge is 0.254 e. The van der Waals surface area contributed by atoms with Gasteiger partial charge in [0.05, 0.1) is 22.4 Å². The van der Waals surface area contributed by atoms with Gasteiger partial charge in [-0.3, -0.25) is 9.59 Å². The number of hydrogen-bond donors (Lipinski definition) is 0. The van der Waals surface area contributed by atoms with E-state index in [1.165, 1.54) is 0 Å². The Balaban J connectivity index is 1.39. The predicted octanol–water partition coefficient (Wildman–Crippen LogP) is 3.24. The zero-order valence-corrected chi connectivity index (χ0v) is 17.2. The molecule has 30 heavy (non-hydrogen) atoms. The van der Waals surface area contributed by atoms with Crippen LogP contribution in [0.3, 0.4) is 0 Å². The molecule has 0 atom stereocenters. The van der Waals surface area contributed by atoms with Gasteiger partial charge in [-0.2, -0.15) is 0 Å². The van der Waals surface area contributed by atoms with Crippen LogP contribution in [-0.2, 0) is 4.79 Å². The summed E-state index contributed by atoms with van der Waals surface area (Å²) < 4.78 is 0. The monoisotopic (exact) mass is 400 g/mol. The molecule has 4 rings (SSSR count). The number of fused-ring (bicyclic) bond motifs is 1. The second-order valence-electron chi connectivity index (χ2n) is 7.46. The number of hydrogen-bond acceptors (Lipinski definition) is 4. The molecule has 152 valence electrons. The molecule has 2 amide bonds. The maximum absolute atomic E-state index is 12.9. The van der Waals surface area contributed by atoms with Gasteiger partial charge in [0.1, 0.15) is 0 Å². The fourth-order valence-corrected chi connectivity index (χ4v) is 3.51. The zero-order valence-electron chi connectivity index (χ0n) is 17.2. The van der Waals surface area contributed by atoms with Gasteiger partial charge in [-0.25, -0.2) is 9.97 Å². The Hall–Kier alpha value is -3.54. The van der Waals surface area contributed by atoms with Crippen molar-refractivity contribution < 1.29 is 9.59 Å². The number of aromatic nitrogens is 2. The van der Waals surface area contributed by atoms with Gasteiger partial charge in [-0.1, -0.05) is 30.3 Å². The van der Waals surface area contributed by atoms with Gasteiger partial charge < -0.3 is 9.80 Å². The van der Waals surface area contributed by atoms with Gasteiger partial charge in [-0.15, -0.1) is 0 Å². The van der Waals surface area contributed by atoms with Crippen LogP contribution in [0.1, 0.15) is 27.3 Å². The number of benzene rings is 2. The molecule has 0 N–H and O–H groups in total. The molecular weight excluding hydrogens is 376 g/mol. The molecule has 0 aliphatic carbocycles. The molecule has 0 unspecified atom stereocenters. The number of carbonyl (C=O) groups is 2. The van der Waals surface area contributed by atoms with Crippen molar-refractivity contribution in [3.05, 3.63) is 77.1 Å². The first kappa shape index (κ1) is 19.8. The fourth-order valence-electron chi connectivity index (χ4n) is 3.51. The number of nitrogens with zero attached hydrogens (tertiary/aromatic N) is 4. The van der Waals surface area contributed by atoms with Crippen LogP contribution in [0.25, 0.3) is 17.1 Å². The lowest BCUT2D eigenvalue weighted by Crippen LogP contribution is -2.50. The van der Waals surface area contributed by atoms with E-state index < -0.39 is 0 Å². The summed E-state index contributed by atoms with van der Waals surface area (Å²) in [6.07, 6.45) is 3.42. The maximum Gasteiger partial charge on any atom is 0.254 e. The molecule has 1 aromatic heterocycles. The SMILES string of the molecule is Cc1nc2ccc(C(=O)N3CCN(C(=O)/C=C/c4ccccc4)CC3)cc2nc1C. The minimum absolute atomic E-state index is 0.0298. The molecule has 1 aliphatic rings. The average molecular weight is 400 g/mol. The van der Waals surface area contributed by atoms with E-state index in [1.54, 1.807) is 28.0 Å². The van der Waals surface area contributed by atoms with E-state index in [-0.39, 0.29) is 11.8 Å². The zero-order chi connectivity index (χ0) is 21.1. The molecule has 2 heterocycles. The third kappa shape index (κ3) is 4.22. The third-order valence-corrected chi connectivity index (χ3v) is 5.42. The first-order chi connectivity index (χ1) is 14.5. The van der Waals surface area contributed by atoms with Crippen molar-refractivity contribution in [1.29, 1.82) is 0 Å². The lowest BCUT2D eigenvalue weighted by molar-refractivity contribution is -0.127. The summed E-state index contributed by atoms with van der Waals surface area (Å²) in [4.78, 5) is 38.0. The first-order valence-electron chi connectivity index (χ1n) is 10.1. The van der Waals surface area contributed by atoms with E-state index in [0.29, 0.717) is 31.7 Å². The minimum atomic E-state index is -0.0381. The summed E-state index contributed by atoms with van der Waals surface area (Å²) >= 11 is 0. The summed E-state index contributed by atoms with van der Waals surface area (Å²) in [6, 6.07) is 15.2. The topological polar surface area (TPSA) is 66.4 Å². The van der Waals surface area contributed by atoms with Gasteiger partial charge in [0, 0.05) is 37.8 Å². The number of piperazine rings is 1. The van der Waals surface area contributed by atoms with Crippen molar-refractivity contribution in [3.8, 4) is 0 Å². The summed E-state index contributed by atoms with van der Waals surface area (Å²) in [6.45, 7) is 5.92. The van der Waals surface area contributed by atoms with Crippen LogP contribution in [0.2, 0.25) is 0 Å². The highest BCUT2D eigenvalue weighted by Crippen LogP contribution is 2.17. The van der Waals surface area contributed by atoms with Crippen LogP contribution in [-0.4, -0.2) is 57.8 Å². The first-order valence-corrected chi connectivity index (χ1v) is 10.1. The lowest BCUT2D eigenvalue weighted by atomic mass is 10.1. The van der Waals surface area contributed by atoms with Gasteiger partial charge >= 0.3 is 0 Å². The Kier molecular flexibility index (Phi) is 5.57. The molecule has 2 aromatic carbocycles. The van der Waals surface area contributed by atoms with Crippen LogP contribution < -0.4 is 0 Å². The van der Waals surface area contributed by atoms with Gasteiger partial charge in [0.25, 0.3) is 5.91 Å². The normalized spacial score (nSPS) is 14.5. The molecule has 3 aromatic rings. The summed E-state index contributed by atoms with van der Waals surface area (Å²) in [5.74, 6) is -0.0679. The van der Waals surface area contributed by atoms with E-state index >= 15 is 0 Å². The highest BCUT2D eigenvalue weighted by Gasteiger charge is 2.24. The number of carbonyl (C=O) groups excluding carboxylic acids is 2. The van der Waals surface area contributed by atoms with E-state index in [9.17, 15) is 9.59 Å². The maximum atomic E-state index is 12.9. The lowest BCUT2D eigenvalue weighted by Gasteiger charge is -2.34. The molecule has 1 fully saturated rings. The summed E-state index contributed by atoms with van der Waals surface area (Å²) in [5, 5.41) is 0. The van der Waals surface area contributed by atoms with Crippen LogP contribution >= 0.6 is 0 Å². The van der Waals surface area contributed by atoms with Crippen molar-refractivity contribution in [2.24, 2.45) is 0 Å². The highest BCUT2D eigenvalue weighted by atomic mass is 16.2. The molecular formula is C24H24N4O2. The van der Waals surface area contributed by atoms with Crippen LogP contribution in [0.5, 0.6) is 0 Å². The summed E-state index contributed by atoms with van der Waals surface area (Å²) in [7, 11) is 0. The van der Waals surface area contributed by atoms with Crippen molar-refractivity contribution in [2.45, 2.75) is 13.8 Å². The van der Waals surface area contributed by atoms with E-state index in [1.807, 2.05) is 56.3 Å². The molecule has 6 heteroatoms. The Morgan fingerprint density at radius 1 is 0.833 bits per heavy atom. The molecule has 0 radical (unpaired) electrons. The average Bonchev–Trinajstić information content (AvgIpc) is 2.78. The van der Waals surface area contributed by atoms with Crippen molar-refractivity contribution in [3.63, 3.8) is 0 Å². The van der Waals surface area contributed by atoms with Crippen molar-refractivity contribution in [1.82, 2.24) is 19.8 Å². The van der Waals surface area contributed by atoms with Crippen molar-refractivity contribution >= 4 is 28.9 Å². The second kappa shape index (κ2) is 8.45. The second-order valence-corrected chi connectivity index (χ2v) is 7.46. The highest BCUT2D eigenvalue weighted by molar-refractivity contribution is 5.97. The van der Waals surface area contributed by atoms with Crippen LogP contribution in [0, 0.1) is 13.8 Å². The molecule has 6 nitrogen and oxygen atoms in total. The molecule has 0 spiro atoms. The van der Waals surface area contributed by atoms with Crippen LogP contribution in [0.15, 0.2) is 54.6 Å². The Morgan fingerprint density at radius 3 is 2.17 bits per heavy atom. The third-order valence-electron chi connectivity index (χ3n) is 5.42. The van der Waals surface area contributed by atoms with Gasteiger partial charge in [0.2, 0.25) is 5.91 Å². The quantitative estimate of drug-likeness (QED) is 0.633. The van der Waals surface area contributed by atoms with E-state index in [4.69, 9.17) is 0 Å². The fraction of sp³-hybridized carbons (Fsp3) is 0.250. The standard InChI is InChI=1S/C24H24N4O2/c1-17-18(2)26-22-16-20(9-10-21(22)25-17)24(30)28-14-12-27(13-15-28)23(29)11-8-19-6-4-3-5-7-19/h3-11,16H,12-15H2,1-2H3/b11-8+. The Morgan fingerprint density at radius 2 is 1.47 bits per heavy atom. The van der Waals surface area contributed by atoms with Gasteiger partial charge in [0.15, 0.2) is 0 Å². The number of rotatable bonds is 3. The number of aryl methyl sites for hydroxylation is 2. The Bertz CT molecular complexity index is 1120. The predicted molar refractivity (Wildman–Crippen MR) is 117 cm³/mol. The molecule has 0 bridgehead atoms. The summed E-state index contributed by atoms with van der Waals surface area (Å²) in [5.41, 5.74) is 4.86. The minimum Gasteiger partial charge on any atom is -0.336 e. The molecule has 1 aliphatic heterocycles. The molecule has 1 saturated heterocycles. The van der Waals surface area contributed by atoms with Gasteiger partial charge in [-0.05, 0) is 43.7 Å². The Labute approximate surface area is 175 Å². The molecule has 0 saturated carbocycles. The van der Waals surface area contributed by atoms with Crippen LogP contribution in [0.4, 0.5) is 0 Å². The van der Waals surface area contributed by atoms with E-state index in [2.05, 4.69) is 9.97 Å². The number of amides is 2. The largest absolute Gasteiger partial charge is 0.336 e.